The first-order chi connectivity index (χ1) is 19.2. The van der Waals surface area contributed by atoms with Crippen molar-refractivity contribution in [1.82, 2.24) is 24.6 Å². The van der Waals surface area contributed by atoms with Crippen molar-refractivity contribution in [3.63, 3.8) is 0 Å². The van der Waals surface area contributed by atoms with Crippen molar-refractivity contribution in [2.45, 2.75) is 50.9 Å². The van der Waals surface area contributed by atoms with Crippen LogP contribution in [0.3, 0.4) is 0 Å². The van der Waals surface area contributed by atoms with Gasteiger partial charge in [0.25, 0.3) is 0 Å². The van der Waals surface area contributed by atoms with E-state index in [9.17, 15) is 22.8 Å². The molecule has 2 N–H and O–H groups in total. The third-order valence-electron chi connectivity index (χ3n) is 7.04. The van der Waals surface area contributed by atoms with E-state index < -0.39 is 18.1 Å². The van der Waals surface area contributed by atoms with Gasteiger partial charge in [0.15, 0.2) is 5.82 Å². The molecule has 0 bridgehead atoms. The number of fused-ring (bicyclic) bond motifs is 1. The molecule has 12 heteroatoms. The van der Waals surface area contributed by atoms with E-state index in [0.29, 0.717) is 0 Å². The van der Waals surface area contributed by atoms with Gasteiger partial charge in [-0.2, -0.15) is 18.3 Å². The minimum absolute atomic E-state index is 0.0440. The number of nitrogens with one attached hydrogen (secondary N) is 1. The SMILES string of the molecule is O=C(O)Nc1cc(-c2nc(C(F)(F)F)n(CCN(C(=O)Cc3cccc4ccccc34)C3CCCC3)n2)ccn1. The highest BCUT2D eigenvalue weighted by Gasteiger charge is 2.38. The second-order valence-electron chi connectivity index (χ2n) is 9.68. The fourth-order valence-electron chi connectivity index (χ4n) is 5.22. The van der Waals surface area contributed by atoms with Gasteiger partial charge >= 0.3 is 12.3 Å². The van der Waals surface area contributed by atoms with Crippen LogP contribution in [0.15, 0.2) is 60.8 Å². The maximum Gasteiger partial charge on any atom is 0.451 e. The normalized spacial score (nSPS) is 14.0. The lowest BCUT2D eigenvalue weighted by atomic mass is 10.0. The van der Waals surface area contributed by atoms with E-state index in [1.54, 1.807) is 4.90 Å². The van der Waals surface area contributed by atoms with Gasteiger partial charge in [-0.05, 0) is 41.3 Å². The molecule has 0 saturated heterocycles. The largest absolute Gasteiger partial charge is 0.465 e. The monoisotopic (exact) mass is 552 g/mol. The van der Waals surface area contributed by atoms with Gasteiger partial charge in [0.05, 0.1) is 13.0 Å². The second kappa shape index (κ2) is 11.3. The Morgan fingerprint density at radius 3 is 2.58 bits per heavy atom. The highest BCUT2D eigenvalue weighted by Crippen LogP contribution is 2.31. The zero-order valence-corrected chi connectivity index (χ0v) is 21.4. The number of alkyl halides is 3. The molecule has 4 aromatic rings. The Morgan fingerprint density at radius 1 is 1.07 bits per heavy atom. The molecule has 1 aliphatic rings. The van der Waals surface area contributed by atoms with Crippen LogP contribution >= 0.6 is 0 Å². The minimum Gasteiger partial charge on any atom is -0.465 e. The van der Waals surface area contributed by atoms with Crippen molar-refractivity contribution in [1.29, 1.82) is 0 Å². The van der Waals surface area contributed by atoms with E-state index >= 15 is 0 Å². The molecule has 0 radical (unpaired) electrons. The fraction of sp³-hybridized carbons (Fsp3) is 0.321. The van der Waals surface area contributed by atoms with Crippen molar-refractivity contribution < 1.29 is 27.9 Å². The topological polar surface area (TPSA) is 113 Å². The molecule has 0 atom stereocenters. The summed E-state index contributed by atoms with van der Waals surface area (Å²) in [6.45, 7) is -0.159. The highest BCUT2D eigenvalue weighted by atomic mass is 19.4. The number of benzene rings is 2. The lowest BCUT2D eigenvalue weighted by molar-refractivity contribution is -0.148. The summed E-state index contributed by atoms with van der Waals surface area (Å²) in [6.07, 6.45) is -1.24. The Labute approximate surface area is 227 Å². The smallest absolute Gasteiger partial charge is 0.451 e. The van der Waals surface area contributed by atoms with Crippen molar-refractivity contribution in [3.8, 4) is 11.4 Å². The molecule has 0 aliphatic heterocycles. The van der Waals surface area contributed by atoms with Gasteiger partial charge in [-0.3, -0.25) is 10.1 Å². The maximum absolute atomic E-state index is 13.9. The molecule has 9 nitrogen and oxygen atoms in total. The zero-order chi connectivity index (χ0) is 28.3. The minimum atomic E-state index is -4.79. The summed E-state index contributed by atoms with van der Waals surface area (Å²) < 4.78 is 42.6. The van der Waals surface area contributed by atoms with Crippen molar-refractivity contribution in [2.24, 2.45) is 0 Å². The van der Waals surface area contributed by atoms with E-state index in [2.05, 4.69) is 20.4 Å². The number of hydrogen-bond acceptors (Lipinski definition) is 5. The number of aromatic nitrogens is 4. The standard InChI is InChI=1S/C28H27F3N6O3/c29-28(30,31)26-34-25(20-12-13-32-23(16-20)33-27(39)40)35-37(26)15-14-36(21-9-2-3-10-21)24(38)17-19-8-5-7-18-6-1-4-11-22(18)19/h1,4-8,11-13,16,21H,2-3,9-10,14-15,17H2,(H,32,33)(H,39,40). The maximum atomic E-state index is 13.9. The summed E-state index contributed by atoms with van der Waals surface area (Å²) in [6, 6.07) is 16.1. The molecule has 40 heavy (non-hydrogen) atoms. The van der Waals surface area contributed by atoms with Gasteiger partial charge in [-0.15, -0.1) is 0 Å². The van der Waals surface area contributed by atoms with Crippen LogP contribution in [-0.2, 0) is 23.9 Å². The first kappa shape index (κ1) is 27.1. The lowest BCUT2D eigenvalue weighted by Gasteiger charge is -2.29. The molecule has 2 aromatic heterocycles. The third-order valence-corrected chi connectivity index (χ3v) is 7.04. The molecule has 2 amide bonds. The fourth-order valence-corrected chi connectivity index (χ4v) is 5.22. The van der Waals surface area contributed by atoms with Crippen LogP contribution in [0.4, 0.5) is 23.8 Å². The summed E-state index contributed by atoms with van der Waals surface area (Å²) in [5.74, 6) is -1.63. The van der Waals surface area contributed by atoms with Crippen LogP contribution < -0.4 is 5.32 Å². The van der Waals surface area contributed by atoms with Crippen LogP contribution in [0.1, 0.15) is 37.1 Å². The van der Waals surface area contributed by atoms with Crippen molar-refractivity contribution in [2.75, 3.05) is 11.9 Å². The molecule has 0 unspecified atom stereocenters. The van der Waals surface area contributed by atoms with E-state index in [0.717, 1.165) is 46.7 Å². The predicted octanol–water partition coefficient (Wildman–Crippen LogP) is 5.62. The Bertz CT molecular complexity index is 1530. The number of amides is 2. The summed E-state index contributed by atoms with van der Waals surface area (Å²) in [5.41, 5.74) is 1.04. The molecule has 5 rings (SSSR count). The summed E-state index contributed by atoms with van der Waals surface area (Å²) in [4.78, 5) is 33.8. The first-order valence-electron chi connectivity index (χ1n) is 12.9. The van der Waals surface area contributed by atoms with Crippen LogP contribution in [0, 0.1) is 0 Å². The number of halogens is 3. The Morgan fingerprint density at radius 2 is 1.82 bits per heavy atom. The van der Waals surface area contributed by atoms with Gasteiger partial charge in [0, 0.05) is 24.3 Å². The van der Waals surface area contributed by atoms with E-state index in [4.69, 9.17) is 5.11 Å². The molecule has 1 aliphatic carbocycles. The average Bonchev–Trinajstić information content (AvgIpc) is 3.60. The number of carbonyl (C=O) groups excluding carboxylic acids is 1. The van der Waals surface area contributed by atoms with E-state index in [1.165, 1.54) is 18.3 Å². The van der Waals surface area contributed by atoms with Crippen LogP contribution in [-0.4, -0.2) is 54.3 Å². The molecule has 0 spiro atoms. The van der Waals surface area contributed by atoms with Crippen LogP contribution in [0.25, 0.3) is 22.2 Å². The number of anilines is 1. The van der Waals surface area contributed by atoms with Crippen molar-refractivity contribution in [3.05, 3.63) is 72.2 Å². The van der Waals surface area contributed by atoms with Gasteiger partial charge in [-0.25, -0.2) is 19.4 Å². The Kier molecular flexibility index (Phi) is 7.67. The zero-order valence-electron chi connectivity index (χ0n) is 21.4. The predicted molar refractivity (Wildman–Crippen MR) is 142 cm³/mol. The van der Waals surface area contributed by atoms with Gasteiger partial charge in [-0.1, -0.05) is 55.3 Å². The molecular weight excluding hydrogens is 525 g/mol. The molecule has 1 fully saturated rings. The highest BCUT2D eigenvalue weighted by molar-refractivity contribution is 5.90. The number of rotatable bonds is 8. The number of nitrogens with zero attached hydrogens (tertiary/aromatic N) is 5. The summed E-state index contributed by atoms with van der Waals surface area (Å²) in [7, 11) is 0. The van der Waals surface area contributed by atoms with Gasteiger partial charge < -0.3 is 10.0 Å². The summed E-state index contributed by atoms with van der Waals surface area (Å²) in [5, 5.41) is 17.1. The van der Waals surface area contributed by atoms with E-state index in [1.807, 2.05) is 42.5 Å². The van der Waals surface area contributed by atoms with Gasteiger partial charge in [0.2, 0.25) is 11.7 Å². The van der Waals surface area contributed by atoms with Gasteiger partial charge in [0.1, 0.15) is 5.82 Å². The molecular formula is C28H27F3N6O3. The average molecular weight is 553 g/mol. The number of pyridine rings is 1. The quantitative estimate of drug-likeness (QED) is 0.294. The Balaban J connectivity index is 1.40. The number of carboxylic acid groups (broad SMARTS) is 1. The Hall–Kier alpha value is -4.48. The molecule has 1 saturated carbocycles. The van der Waals surface area contributed by atoms with Crippen LogP contribution in [0.5, 0.6) is 0 Å². The molecule has 2 heterocycles. The van der Waals surface area contributed by atoms with E-state index in [-0.39, 0.29) is 48.7 Å². The third kappa shape index (κ3) is 6.05. The summed E-state index contributed by atoms with van der Waals surface area (Å²) >= 11 is 0. The second-order valence-corrected chi connectivity index (χ2v) is 9.68. The number of hydrogen-bond donors (Lipinski definition) is 2. The van der Waals surface area contributed by atoms with Crippen molar-refractivity contribution >= 4 is 28.6 Å². The van der Waals surface area contributed by atoms with Crippen LogP contribution in [0.2, 0.25) is 0 Å². The number of carbonyl (C=O) groups is 2. The molecule has 2 aromatic carbocycles. The molecule has 208 valence electrons. The lowest BCUT2D eigenvalue weighted by Crippen LogP contribution is -2.42. The first-order valence-corrected chi connectivity index (χ1v) is 12.9.